The summed E-state index contributed by atoms with van der Waals surface area (Å²) >= 11 is 0. The first-order chi connectivity index (χ1) is 8.09. The highest BCUT2D eigenvalue weighted by atomic mass is 16.7. The maximum atomic E-state index is 10.6. The van der Waals surface area contributed by atoms with Gasteiger partial charge in [0, 0.05) is 0 Å². The normalized spacial score (nSPS) is 10.8. The van der Waals surface area contributed by atoms with Crippen molar-refractivity contribution in [1.82, 2.24) is 0 Å². The second-order valence-corrected chi connectivity index (χ2v) is 3.83. The minimum atomic E-state index is -0.951. The van der Waals surface area contributed by atoms with Crippen molar-refractivity contribution in [1.29, 1.82) is 0 Å². The summed E-state index contributed by atoms with van der Waals surface area (Å²) in [6.07, 6.45) is 3.51. The average Bonchev–Trinajstić information content (AvgIpc) is 2.29. The first-order valence-corrected chi connectivity index (χ1v) is 5.34. The van der Waals surface area contributed by atoms with Gasteiger partial charge in [-0.05, 0) is 36.3 Å². The van der Waals surface area contributed by atoms with E-state index in [1.165, 1.54) is 12.1 Å². The first-order valence-electron chi connectivity index (χ1n) is 5.34. The average molecular weight is 236 g/mol. The fraction of sp³-hybridized carbons (Fsp3) is 0.308. The highest BCUT2D eigenvalue weighted by Crippen LogP contribution is 2.12. The number of hydrogen-bond donors (Lipinski definition) is 1. The van der Waals surface area contributed by atoms with Crippen LogP contribution in [-0.4, -0.2) is 17.9 Å². The van der Waals surface area contributed by atoms with E-state index in [-0.39, 0.29) is 12.4 Å². The molecule has 0 radical (unpaired) electrons. The van der Waals surface area contributed by atoms with Crippen LogP contribution in [0.1, 0.15) is 24.2 Å². The molecule has 1 rings (SSSR count). The molecule has 92 valence electrons. The zero-order chi connectivity index (χ0) is 12.7. The zero-order valence-electron chi connectivity index (χ0n) is 9.92. The summed E-state index contributed by atoms with van der Waals surface area (Å²) in [4.78, 5) is 10.6. The lowest BCUT2D eigenvalue weighted by Crippen LogP contribution is -2.00. The molecule has 0 aliphatic heterocycles. The Kier molecular flexibility index (Phi) is 5.07. The fourth-order valence-electron chi connectivity index (χ4n) is 1.05. The van der Waals surface area contributed by atoms with E-state index < -0.39 is 5.97 Å². The van der Waals surface area contributed by atoms with Crippen molar-refractivity contribution in [3.05, 3.63) is 42.2 Å². The van der Waals surface area contributed by atoms with Gasteiger partial charge >= 0.3 is 5.97 Å². The van der Waals surface area contributed by atoms with E-state index in [0.29, 0.717) is 11.7 Å². The maximum absolute atomic E-state index is 10.6. The van der Waals surface area contributed by atoms with Crippen molar-refractivity contribution in [2.45, 2.75) is 13.8 Å². The summed E-state index contributed by atoms with van der Waals surface area (Å²) in [7, 11) is 0. The van der Waals surface area contributed by atoms with Crippen LogP contribution >= 0.6 is 0 Å². The molecule has 0 bridgehead atoms. The number of carboxylic acids is 1. The van der Waals surface area contributed by atoms with Crippen LogP contribution in [0.5, 0.6) is 5.75 Å². The van der Waals surface area contributed by atoms with E-state index in [4.69, 9.17) is 14.6 Å². The molecule has 4 nitrogen and oxygen atoms in total. The number of allylic oxidation sites excluding steroid dienone is 1. The van der Waals surface area contributed by atoms with E-state index >= 15 is 0 Å². The van der Waals surface area contributed by atoms with Crippen LogP contribution in [-0.2, 0) is 4.74 Å². The highest BCUT2D eigenvalue weighted by molar-refractivity contribution is 5.87. The van der Waals surface area contributed by atoms with E-state index in [2.05, 4.69) is 0 Å². The molecule has 0 aliphatic rings. The van der Waals surface area contributed by atoms with Gasteiger partial charge in [0.05, 0.1) is 11.8 Å². The van der Waals surface area contributed by atoms with Crippen LogP contribution in [0, 0.1) is 5.92 Å². The van der Waals surface area contributed by atoms with Crippen LogP contribution < -0.4 is 4.74 Å². The largest absolute Gasteiger partial charge is 0.478 e. The molecule has 1 N–H and O–H groups in total. The maximum Gasteiger partial charge on any atom is 0.335 e. The molecule has 0 amide bonds. The lowest BCUT2D eigenvalue weighted by molar-refractivity contribution is 0.0696. The number of ether oxygens (including phenoxy) is 2. The minimum Gasteiger partial charge on any atom is -0.478 e. The quantitative estimate of drug-likeness (QED) is 0.468. The van der Waals surface area contributed by atoms with Gasteiger partial charge < -0.3 is 14.6 Å². The van der Waals surface area contributed by atoms with E-state index in [1.807, 2.05) is 19.9 Å². The molecule has 1 aromatic rings. The molecule has 1 aromatic carbocycles. The van der Waals surface area contributed by atoms with Gasteiger partial charge in [0.25, 0.3) is 0 Å². The third kappa shape index (κ3) is 5.06. The Labute approximate surface area is 100 Å². The molecule has 0 aromatic heterocycles. The van der Waals surface area contributed by atoms with Crippen molar-refractivity contribution in [2.75, 3.05) is 6.79 Å². The predicted octanol–water partition coefficient (Wildman–Crippen LogP) is 2.91. The topological polar surface area (TPSA) is 55.8 Å². The highest BCUT2D eigenvalue weighted by Gasteiger charge is 2.01. The van der Waals surface area contributed by atoms with Gasteiger partial charge in [0.1, 0.15) is 5.75 Å². The number of carboxylic acid groups (broad SMARTS) is 1. The first kappa shape index (κ1) is 13.1. The summed E-state index contributed by atoms with van der Waals surface area (Å²) in [6.45, 7) is 4.20. The van der Waals surface area contributed by atoms with Crippen molar-refractivity contribution >= 4 is 5.97 Å². The van der Waals surface area contributed by atoms with E-state index in [1.54, 1.807) is 18.4 Å². The van der Waals surface area contributed by atoms with Crippen molar-refractivity contribution < 1.29 is 19.4 Å². The van der Waals surface area contributed by atoms with Gasteiger partial charge in [-0.25, -0.2) is 4.79 Å². The lowest BCUT2D eigenvalue weighted by atomic mass is 10.2. The molecule has 0 aliphatic carbocycles. The lowest BCUT2D eigenvalue weighted by Gasteiger charge is -2.05. The van der Waals surface area contributed by atoms with Crippen molar-refractivity contribution in [2.24, 2.45) is 5.92 Å². The van der Waals surface area contributed by atoms with Gasteiger partial charge in [-0.1, -0.05) is 13.8 Å². The Morgan fingerprint density at radius 2 is 2.00 bits per heavy atom. The molecule has 0 saturated carbocycles. The molecular formula is C13H16O4. The Morgan fingerprint density at radius 3 is 2.53 bits per heavy atom. The predicted molar refractivity (Wildman–Crippen MR) is 64.0 cm³/mol. The smallest absolute Gasteiger partial charge is 0.335 e. The fourth-order valence-corrected chi connectivity index (χ4v) is 1.05. The van der Waals surface area contributed by atoms with Gasteiger partial charge in [0.15, 0.2) is 0 Å². The minimum absolute atomic E-state index is 0.107. The SMILES string of the molecule is CC(C)/C=C/OCOc1ccc(C(=O)O)cc1. The summed E-state index contributed by atoms with van der Waals surface area (Å²) < 4.78 is 10.4. The molecular weight excluding hydrogens is 220 g/mol. The van der Waals surface area contributed by atoms with Crippen LogP contribution in [0.3, 0.4) is 0 Å². The Bertz CT molecular complexity index is 379. The van der Waals surface area contributed by atoms with Gasteiger partial charge in [-0.3, -0.25) is 0 Å². The number of aromatic carboxylic acids is 1. The van der Waals surface area contributed by atoms with Gasteiger partial charge in [-0.15, -0.1) is 0 Å². The molecule has 0 saturated heterocycles. The van der Waals surface area contributed by atoms with Crippen LogP contribution in [0.2, 0.25) is 0 Å². The molecule has 4 heteroatoms. The van der Waals surface area contributed by atoms with Gasteiger partial charge in [0.2, 0.25) is 6.79 Å². The van der Waals surface area contributed by atoms with Crippen LogP contribution in [0.4, 0.5) is 0 Å². The molecule has 17 heavy (non-hydrogen) atoms. The van der Waals surface area contributed by atoms with Crippen LogP contribution in [0.25, 0.3) is 0 Å². The monoisotopic (exact) mass is 236 g/mol. The Balaban J connectivity index is 2.35. The van der Waals surface area contributed by atoms with E-state index in [0.717, 1.165) is 0 Å². The second-order valence-electron chi connectivity index (χ2n) is 3.83. The third-order valence-corrected chi connectivity index (χ3v) is 1.95. The summed E-state index contributed by atoms with van der Waals surface area (Å²) in [5.74, 6) is 0.0606. The molecule has 0 unspecified atom stereocenters. The van der Waals surface area contributed by atoms with Crippen LogP contribution in [0.15, 0.2) is 36.6 Å². The Morgan fingerprint density at radius 1 is 1.35 bits per heavy atom. The Hall–Kier alpha value is -1.97. The van der Waals surface area contributed by atoms with E-state index in [9.17, 15) is 4.79 Å². The molecule has 0 fully saturated rings. The standard InChI is InChI=1S/C13H16O4/c1-10(2)7-8-16-9-17-12-5-3-11(4-6-12)13(14)15/h3-8,10H,9H2,1-2H3,(H,14,15)/b8-7+. The zero-order valence-corrected chi connectivity index (χ0v) is 9.92. The second kappa shape index (κ2) is 6.58. The van der Waals surface area contributed by atoms with Gasteiger partial charge in [-0.2, -0.15) is 0 Å². The number of hydrogen-bond acceptors (Lipinski definition) is 3. The number of carbonyl (C=O) groups is 1. The molecule has 0 atom stereocenters. The summed E-state index contributed by atoms with van der Waals surface area (Å²) in [6, 6.07) is 6.17. The molecule has 0 heterocycles. The summed E-state index contributed by atoms with van der Waals surface area (Å²) in [5.41, 5.74) is 0.234. The van der Waals surface area contributed by atoms with Crippen molar-refractivity contribution in [3.63, 3.8) is 0 Å². The van der Waals surface area contributed by atoms with Crippen molar-refractivity contribution in [3.8, 4) is 5.75 Å². The number of rotatable bonds is 6. The number of benzene rings is 1. The third-order valence-electron chi connectivity index (χ3n) is 1.95. The summed E-state index contributed by atoms with van der Waals surface area (Å²) in [5, 5.41) is 8.70. The molecule has 0 spiro atoms.